The number of rotatable bonds is 4. The zero-order valence-electron chi connectivity index (χ0n) is 15.7. The number of anilines is 2. The van der Waals surface area contributed by atoms with Gasteiger partial charge < -0.3 is 10.2 Å². The van der Waals surface area contributed by atoms with Crippen molar-refractivity contribution in [3.05, 3.63) is 59.2 Å². The summed E-state index contributed by atoms with van der Waals surface area (Å²) in [4.78, 5) is 14.7. The van der Waals surface area contributed by atoms with E-state index in [1.165, 1.54) is 16.7 Å². The standard InChI is InChI=1S/C22H28N2O/c1-5-6-22(25)24-17(4)14-20(19-13-16(3)9-12-21(19)24)23-18-10-7-15(2)8-11-18/h7-13,17,20,23H,5-6,14H2,1-4H3. The minimum Gasteiger partial charge on any atom is -0.378 e. The Labute approximate surface area is 151 Å². The number of hydrogen-bond acceptors (Lipinski definition) is 2. The Morgan fingerprint density at radius 1 is 1.12 bits per heavy atom. The molecule has 2 atom stereocenters. The van der Waals surface area contributed by atoms with Crippen molar-refractivity contribution < 1.29 is 4.79 Å². The van der Waals surface area contributed by atoms with Gasteiger partial charge in [-0.3, -0.25) is 4.79 Å². The molecule has 0 bridgehead atoms. The maximum absolute atomic E-state index is 12.7. The molecule has 0 aliphatic carbocycles. The van der Waals surface area contributed by atoms with Crippen LogP contribution in [0.4, 0.5) is 11.4 Å². The number of benzene rings is 2. The third-order valence-electron chi connectivity index (χ3n) is 4.96. The number of aryl methyl sites for hydroxylation is 2. The highest BCUT2D eigenvalue weighted by atomic mass is 16.2. The molecule has 0 fully saturated rings. The van der Waals surface area contributed by atoms with Crippen molar-refractivity contribution in [1.29, 1.82) is 0 Å². The third-order valence-corrected chi connectivity index (χ3v) is 4.96. The van der Waals surface area contributed by atoms with E-state index in [9.17, 15) is 4.79 Å². The first kappa shape index (κ1) is 17.5. The number of carbonyl (C=O) groups excluding carboxylic acids is 1. The van der Waals surface area contributed by atoms with Crippen molar-refractivity contribution in [2.24, 2.45) is 0 Å². The molecule has 3 rings (SSSR count). The van der Waals surface area contributed by atoms with E-state index in [0.29, 0.717) is 6.42 Å². The second-order valence-electron chi connectivity index (χ2n) is 7.22. The summed E-state index contributed by atoms with van der Waals surface area (Å²) in [6, 6.07) is 15.4. The highest BCUT2D eigenvalue weighted by Gasteiger charge is 2.33. The summed E-state index contributed by atoms with van der Waals surface area (Å²) in [5, 5.41) is 3.68. The quantitative estimate of drug-likeness (QED) is 0.812. The fourth-order valence-corrected chi connectivity index (χ4v) is 3.69. The molecule has 0 aromatic heterocycles. The van der Waals surface area contributed by atoms with Crippen LogP contribution in [-0.4, -0.2) is 11.9 Å². The van der Waals surface area contributed by atoms with Gasteiger partial charge in [0.15, 0.2) is 0 Å². The second-order valence-corrected chi connectivity index (χ2v) is 7.22. The molecule has 1 amide bonds. The van der Waals surface area contributed by atoms with Crippen LogP contribution in [-0.2, 0) is 4.79 Å². The molecular formula is C22H28N2O. The van der Waals surface area contributed by atoms with Gasteiger partial charge in [0.2, 0.25) is 5.91 Å². The van der Waals surface area contributed by atoms with Crippen LogP contribution in [0.2, 0.25) is 0 Å². The van der Waals surface area contributed by atoms with Crippen LogP contribution < -0.4 is 10.2 Å². The summed E-state index contributed by atoms with van der Waals surface area (Å²) >= 11 is 0. The molecular weight excluding hydrogens is 308 g/mol. The Kier molecular flexibility index (Phi) is 5.12. The van der Waals surface area contributed by atoms with Gasteiger partial charge in [-0.1, -0.05) is 42.3 Å². The van der Waals surface area contributed by atoms with Crippen molar-refractivity contribution in [1.82, 2.24) is 0 Å². The van der Waals surface area contributed by atoms with Crippen molar-refractivity contribution in [2.45, 2.75) is 59.0 Å². The number of amides is 1. The number of carbonyl (C=O) groups is 1. The van der Waals surface area contributed by atoms with Gasteiger partial charge in [-0.2, -0.15) is 0 Å². The molecule has 1 aliphatic heterocycles. The Morgan fingerprint density at radius 2 is 1.80 bits per heavy atom. The van der Waals surface area contributed by atoms with Crippen molar-refractivity contribution in [2.75, 3.05) is 10.2 Å². The summed E-state index contributed by atoms with van der Waals surface area (Å²) in [7, 11) is 0. The fraction of sp³-hybridized carbons (Fsp3) is 0.409. The molecule has 1 aliphatic rings. The summed E-state index contributed by atoms with van der Waals surface area (Å²) in [5.74, 6) is 0.230. The third kappa shape index (κ3) is 3.71. The molecule has 2 unspecified atom stereocenters. The zero-order chi connectivity index (χ0) is 18.0. The molecule has 2 aromatic carbocycles. The van der Waals surface area contributed by atoms with Crippen LogP contribution in [0.3, 0.4) is 0 Å². The van der Waals surface area contributed by atoms with Gasteiger partial charge in [0.1, 0.15) is 0 Å². The van der Waals surface area contributed by atoms with Crippen LogP contribution in [0.15, 0.2) is 42.5 Å². The van der Waals surface area contributed by atoms with E-state index in [-0.39, 0.29) is 18.0 Å². The molecule has 3 nitrogen and oxygen atoms in total. The second kappa shape index (κ2) is 7.30. The predicted molar refractivity (Wildman–Crippen MR) is 105 cm³/mol. The van der Waals surface area contributed by atoms with Gasteiger partial charge in [-0.25, -0.2) is 0 Å². The smallest absolute Gasteiger partial charge is 0.227 e. The van der Waals surface area contributed by atoms with E-state index < -0.39 is 0 Å². The maximum Gasteiger partial charge on any atom is 0.227 e. The van der Waals surface area contributed by atoms with E-state index in [1.807, 2.05) is 4.90 Å². The van der Waals surface area contributed by atoms with E-state index in [4.69, 9.17) is 0 Å². The van der Waals surface area contributed by atoms with Crippen LogP contribution in [0, 0.1) is 13.8 Å². The van der Waals surface area contributed by atoms with Gasteiger partial charge in [-0.15, -0.1) is 0 Å². The van der Waals surface area contributed by atoms with Crippen LogP contribution >= 0.6 is 0 Å². The summed E-state index contributed by atoms with van der Waals surface area (Å²) in [6.07, 6.45) is 2.40. The monoisotopic (exact) mass is 336 g/mol. The Morgan fingerprint density at radius 3 is 2.48 bits per heavy atom. The van der Waals surface area contributed by atoms with E-state index in [1.54, 1.807) is 0 Å². The highest BCUT2D eigenvalue weighted by Crippen LogP contribution is 2.39. The Balaban J connectivity index is 1.95. The molecule has 1 N–H and O–H groups in total. The van der Waals surface area contributed by atoms with Crippen molar-refractivity contribution in [3.8, 4) is 0 Å². The largest absolute Gasteiger partial charge is 0.378 e. The van der Waals surface area contributed by atoms with Crippen LogP contribution in [0.5, 0.6) is 0 Å². The first-order valence-electron chi connectivity index (χ1n) is 9.25. The molecule has 0 radical (unpaired) electrons. The first-order chi connectivity index (χ1) is 12.0. The van der Waals surface area contributed by atoms with Crippen LogP contribution in [0.1, 0.15) is 55.8 Å². The number of nitrogens with one attached hydrogen (secondary N) is 1. The van der Waals surface area contributed by atoms with E-state index in [0.717, 1.165) is 24.2 Å². The Hall–Kier alpha value is -2.29. The van der Waals surface area contributed by atoms with Gasteiger partial charge in [0.05, 0.1) is 6.04 Å². The number of fused-ring (bicyclic) bond motifs is 1. The lowest BCUT2D eigenvalue weighted by Gasteiger charge is -2.40. The van der Waals surface area contributed by atoms with E-state index in [2.05, 4.69) is 75.5 Å². The van der Waals surface area contributed by atoms with E-state index >= 15 is 0 Å². The highest BCUT2D eigenvalue weighted by molar-refractivity contribution is 5.95. The van der Waals surface area contributed by atoms with Gasteiger partial charge >= 0.3 is 0 Å². The molecule has 0 spiro atoms. The summed E-state index contributed by atoms with van der Waals surface area (Å²) in [6.45, 7) is 8.42. The molecule has 0 saturated heterocycles. The first-order valence-corrected chi connectivity index (χ1v) is 9.25. The lowest BCUT2D eigenvalue weighted by atomic mass is 9.90. The molecule has 2 aromatic rings. The van der Waals surface area contributed by atoms with Gasteiger partial charge in [0.25, 0.3) is 0 Å². The minimum atomic E-state index is 0.192. The van der Waals surface area contributed by atoms with Crippen molar-refractivity contribution >= 4 is 17.3 Å². The topological polar surface area (TPSA) is 32.3 Å². The fourth-order valence-electron chi connectivity index (χ4n) is 3.69. The SMILES string of the molecule is CCCC(=O)N1c2ccc(C)cc2C(Nc2ccc(C)cc2)CC1C. The zero-order valence-corrected chi connectivity index (χ0v) is 15.7. The predicted octanol–water partition coefficient (Wildman–Crippen LogP) is 5.38. The molecule has 25 heavy (non-hydrogen) atoms. The average molecular weight is 336 g/mol. The van der Waals surface area contributed by atoms with Crippen LogP contribution in [0.25, 0.3) is 0 Å². The lowest BCUT2D eigenvalue weighted by Crippen LogP contribution is -2.44. The van der Waals surface area contributed by atoms with Gasteiger partial charge in [-0.05, 0) is 57.4 Å². The minimum absolute atomic E-state index is 0.192. The number of nitrogens with zero attached hydrogens (tertiary/aromatic N) is 1. The lowest BCUT2D eigenvalue weighted by molar-refractivity contribution is -0.119. The average Bonchev–Trinajstić information content (AvgIpc) is 2.57. The summed E-state index contributed by atoms with van der Waals surface area (Å²) in [5.41, 5.74) is 5.90. The molecule has 3 heteroatoms. The molecule has 1 heterocycles. The normalized spacial score (nSPS) is 19.4. The summed E-state index contributed by atoms with van der Waals surface area (Å²) < 4.78 is 0. The Bertz CT molecular complexity index is 751. The number of hydrogen-bond donors (Lipinski definition) is 1. The van der Waals surface area contributed by atoms with Gasteiger partial charge in [0, 0.05) is 23.8 Å². The molecule has 0 saturated carbocycles. The molecule has 132 valence electrons. The van der Waals surface area contributed by atoms with Crippen molar-refractivity contribution in [3.63, 3.8) is 0 Å². The maximum atomic E-state index is 12.7.